The fourth-order valence-electron chi connectivity index (χ4n) is 3.92. The molecule has 34 heavy (non-hydrogen) atoms. The molecule has 1 aliphatic heterocycles. The number of hydrogen-bond acceptors (Lipinski definition) is 5. The van der Waals surface area contributed by atoms with Crippen molar-refractivity contribution in [3.05, 3.63) is 83.3 Å². The van der Waals surface area contributed by atoms with Crippen LogP contribution >= 0.6 is 0 Å². The smallest absolute Gasteiger partial charge is 0.289 e. The number of nitrogens with one attached hydrogen (secondary N) is 2. The van der Waals surface area contributed by atoms with Crippen molar-refractivity contribution in [2.24, 2.45) is 0 Å². The molecule has 176 valence electrons. The number of furan rings is 1. The Morgan fingerprint density at radius 1 is 0.882 bits per heavy atom. The monoisotopic (exact) mass is 460 g/mol. The molecule has 1 aromatic heterocycles. The number of anilines is 2. The van der Waals surface area contributed by atoms with Crippen LogP contribution in [0.1, 0.15) is 32.2 Å². The third kappa shape index (κ3) is 5.71. The van der Waals surface area contributed by atoms with E-state index in [1.165, 1.54) is 0 Å². The fraction of sp³-hybridized carbons (Fsp3) is 0.269. The lowest BCUT2D eigenvalue weighted by Gasteiger charge is -2.33. The molecule has 2 heterocycles. The average Bonchev–Trinajstić information content (AvgIpc) is 3.25. The molecule has 3 amide bonds. The summed E-state index contributed by atoms with van der Waals surface area (Å²) in [7, 11) is 0. The van der Waals surface area contributed by atoms with Crippen LogP contribution in [0.2, 0.25) is 0 Å². The minimum Gasteiger partial charge on any atom is -0.456 e. The van der Waals surface area contributed by atoms with Gasteiger partial charge in [-0.3, -0.25) is 19.3 Å². The summed E-state index contributed by atoms with van der Waals surface area (Å²) in [5, 5.41) is 5.74. The standard InChI is InChI=1S/C26H28N4O4/c1-18-6-5-7-20(16-18)27-25(32)21-8-3-4-9-22(21)28-24(31)17-29-12-14-30(15-13-29)26(33)23-11-10-19(2)34-23/h3-11,16H,12-15,17H2,1-2H3,(H,27,32)(H,28,31). The highest BCUT2D eigenvalue weighted by atomic mass is 16.3. The molecule has 0 atom stereocenters. The van der Waals surface area contributed by atoms with E-state index in [1.54, 1.807) is 48.2 Å². The fourth-order valence-corrected chi connectivity index (χ4v) is 3.92. The Hall–Kier alpha value is -3.91. The van der Waals surface area contributed by atoms with Gasteiger partial charge in [-0.05, 0) is 55.8 Å². The van der Waals surface area contributed by atoms with Gasteiger partial charge in [-0.2, -0.15) is 0 Å². The predicted octanol–water partition coefficient (Wildman–Crippen LogP) is 3.55. The summed E-state index contributed by atoms with van der Waals surface area (Å²) >= 11 is 0. The van der Waals surface area contributed by atoms with E-state index in [0.717, 1.165) is 5.56 Å². The Labute approximate surface area is 198 Å². The second kappa shape index (κ2) is 10.4. The number of aryl methyl sites for hydroxylation is 2. The van der Waals surface area contributed by atoms with Crippen LogP contribution in [0.3, 0.4) is 0 Å². The first-order valence-electron chi connectivity index (χ1n) is 11.2. The van der Waals surface area contributed by atoms with Crippen LogP contribution in [0.15, 0.2) is 65.1 Å². The van der Waals surface area contributed by atoms with Gasteiger partial charge >= 0.3 is 0 Å². The normalized spacial score (nSPS) is 14.0. The maximum atomic E-state index is 12.8. The van der Waals surface area contributed by atoms with Crippen molar-refractivity contribution in [3.8, 4) is 0 Å². The minimum absolute atomic E-state index is 0.134. The number of piperazine rings is 1. The first kappa shape index (κ1) is 23.3. The Bertz CT molecular complexity index is 1190. The van der Waals surface area contributed by atoms with Crippen LogP contribution in [-0.2, 0) is 4.79 Å². The van der Waals surface area contributed by atoms with Crippen LogP contribution in [0.5, 0.6) is 0 Å². The van der Waals surface area contributed by atoms with Crippen LogP contribution in [0.4, 0.5) is 11.4 Å². The largest absolute Gasteiger partial charge is 0.456 e. The first-order chi connectivity index (χ1) is 16.4. The molecule has 0 aliphatic carbocycles. The molecule has 1 fully saturated rings. The molecule has 1 saturated heterocycles. The molecule has 0 unspecified atom stereocenters. The Morgan fingerprint density at radius 2 is 1.65 bits per heavy atom. The van der Waals surface area contributed by atoms with E-state index in [0.29, 0.717) is 54.6 Å². The Kier molecular flexibility index (Phi) is 7.08. The molecule has 0 bridgehead atoms. The highest BCUT2D eigenvalue weighted by Crippen LogP contribution is 2.18. The van der Waals surface area contributed by atoms with E-state index in [1.807, 2.05) is 36.1 Å². The molecule has 4 rings (SSSR count). The van der Waals surface area contributed by atoms with Gasteiger partial charge in [0.05, 0.1) is 17.8 Å². The second-order valence-electron chi connectivity index (χ2n) is 8.40. The Morgan fingerprint density at radius 3 is 2.35 bits per heavy atom. The summed E-state index contributed by atoms with van der Waals surface area (Å²) in [4.78, 5) is 41.8. The number of rotatable bonds is 6. The van der Waals surface area contributed by atoms with Gasteiger partial charge in [-0.1, -0.05) is 24.3 Å². The number of carbonyl (C=O) groups excluding carboxylic acids is 3. The average molecular weight is 461 g/mol. The number of carbonyl (C=O) groups is 3. The van der Waals surface area contributed by atoms with E-state index >= 15 is 0 Å². The van der Waals surface area contributed by atoms with Crippen LogP contribution < -0.4 is 10.6 Å². The van der Waals surface area contributed by atoms with Crippen molar-refractivity contribution in [2.45, 2.75) is 13.8 Å². The van der Waals surface area contributed by atoms with E-state index in [-0.39, 0.29) is 24.3 Å². The van der Waals surface area contributed by atoms with Gasteiger partial charge in [0.15, 0.2) is 5.76 Å². The van der Waals surface area contributed by atoms with Crippen molar-refractivity contribution in [3.63, 3.8) is 0 Å². The van der Waals surface area contributed by atoms with E-state index < -0.39 is 0 Å². The second-order valence-corrected chi connectivity index (χ2v) is 8.40. The summed E-state index contributed by atoms with van der Waals surface area (Å²) in [6, 6.07) is 17.9. The number of nitrogens with zero attached hydrogens (tertiary/aromatic N) is 2. The molecule has 1 aliphatic rings. The van der Waals surface area contributed by atoms with Crippen molar-refractivity contribution in [1.29, 1.82) is 0 Å². The summed E-state index contributed by atoms with van der Waals surface area (Å²) in [5.74, 6) is 0.403. The molecular formula is C26H28N4O4. The number of hydrogen-bond donors (Lipinski definition) is 2. The summed E-state index contributed by atoms with van der Waals surface area (Å²) in [6.07, 6.45) is 0. The zero-order chi connectivity index (χ0) is 24.1. The van der Waals surface area contributed by atoms with Crippen molar-refractivity contribution in [2.75, 3.05) is 43.4 Å². The van der Waals surface area contributed by atoms with Gasteiger partial charge < -0.3 is 20.0 Å². The van der Waals surface area contributed by atoms with Gasteiger partial charge in [-0.25, -0.2) is 0 Å². The zero-order valence-corrected chi connectivity index (χ0v) is 19.3. The zero-order valence-electron chi connectivity index (χ0n) is 19.3. The number of amides is 3. The quantitative estimate of drug-likeness (QED) is 0.587. The topological polar surface area (TPSA) is 94.9 Å². The molecular weight excluding hydrogens is 432 g/mol. The van der Waals surface area contributed by atoms with E-state index in [2.05, 4.69) is 10.6 Å². The van der Waals surface area contributed by atoms with E-state index in [9.17, 15) is 14.4 Å². The lowest BCUT2D eigenvalue weighted by molar-refractivity contribution is -0.117. The molecule has 2 aromatic carbocycles. The highest BCUT2D eigenvalue weighted by Gasteiger charge is 2.25. The lowest BCUT2D eigenvalue weighted by Crippen LogP contribution is -2.50. The van der Waals surface area contributed by atoms with Gasteiger partial charge in [0.25, 0.3) is 11.8 Å². The van der Waals surface area contributed by atoms with Crippen LogP contribution in [-0.4, -0.2) is 60.2 Å². The predicted molar refractivity (Wildman–Crippen MR) is 130 cm³/mol. The van der Waals surface area contributed by atoms with Gasteiger partial charge in [0, 0.05) is 31.9 Å². The molecule has 2 N–H and O–H groups in total. The molecule has 0 spiro atoms. The van der Waals surface area contributed by atoms with Gasteiger partial charge in [-0.15, -0.1) is 0 Å². The van der Waals surface area contributed by atoms with Crippen LogP contribution in [0, 0.1) is 13.8 Å². The molecule has 8 nitrogen and oxygen atoms in total. The summed E-state index contributed by atoms with van der Waals surface area (Å²) in [5.41, 5.74) is 2.59. The number of benzene rings is 2. The molecule has 3 aromatic rings. The highest BCUT2D eigenvalue weighted by molar-refractivity contribution is 6.10. The van der Waals surface area contributed by atoms with Gasteiger partial charge in [0.1, 0.15) is 5.76 Å². The first-order valence-corrected chi connectivity index (χ1v) is 11.2. The molecule has 8 heteroatoms. The maximum absolute atomic E-state index is 12.8. The van der Waals surface area contributed by atoms with Crippen LogP contribution in [0.25, 0.3) is 0 Å². The van der Waals surface area contributed by atoms with Gasteiger partial charge in [0.2, 0.25) is 5.91 Å². The maximum Gasteiger partial charge on any atom is 0.289 e. The third-order valence-corrected chi connectivity index (χ3v) is 5.70. The summed E-state index contributed by atoms with van der Waals surface area (Å²) in [6.45, 7) is 6.12. The Balaban J connectivity index is 1.31. The molecule has 0 radical (unpaired) electrons. The lowest BCUT2D eigenvalue weighted by atomic mass is 10.1. The van der Waals surface area contributed by atoms with E-state index in [4.69, 9.17) is 4.42 Å². The molecule has 0 saturated carbocycles. The summed E-state index contributed by atoms with van der Waals surface area (Å²) < 4.78 is 5.43. The SMILES string of the molecule is Cc1cccc(NC(=O)c2ccccc2NC(=O)CN2CCN(C(=O)c3ccc(C)o3)CC2)c1. The van der Waals surface area contributed by atoms with Crippen molar-refractivity contribution >= 4 is 29.1 Å². The van der Waals surface area contributed by atoms with Crippen molar-refractivity contribution < 1.29 is 18.8 Å². The number of para-hydroxylation sites is 1. The third-order valence-electron chi connectivity index (χ3n) is 5.70. The minimum atomic E-state index is -0.290. The van der Waals surface area contributed by atoms with Crippen molar-refractivity contribution in [1.82, 2.24) is 9.80 Å².